The Morgan fingerprint density at radius 3 is 3.00 bits per heavy atom. The van der Waals surface area contributed by atoms with Crippen LogP contribution in [0.25, 0.3) is 10.9 Å². The fourth-order valence-electron chi connectivity index (χ4n) is 1.61. The maximum atomic E-state index is 9.81. The highest BCUT2D eigenvalue weighted by atomic mass is 16.3. The van der Waals surface area contributed by atoms with Crippen molar-refractivity contribution >= 4 is 10.9 Å². The zero-order valence-electron chi connectivity index (χ0n) is 8.22. The van der Waals surface area contributed by atoms with Gasteiger partial charge < -0.3 is 5.11 Å². The van der Waals surface area contributed by atoms with Crippen molar-refractivity contribution < 1.29 is 5.11 Å². The van der Waals surface area contributed by atoms with Gasteiger partial charge in [0.15, 0.2) is 0 Å². The molecule has 3 heteroatoms. The van der Waals surface area contributed by atoms with Gasteiger partial charge in [-0.1, -0.05) is 31.5 Å². The molecule has 2 aromatic rings. The van der Waals surface area contributed by atoms with Crippen molar-refractivity contribution in [2.45, 2.75) is 26.0 Å². The topological polar surface area (TPSA) is 38.0 Å². The summed E-state index contributed by atoms with van der Waals surface area (Å²) in [4.78, 5) is 0. The van der Waals surface area contributed by atoms with Gasteiger partial charge in [0.05, 0.1) is 11.7 Å². The Labute approximate surface area is 83.0 Å². The zero-order valence-corrected chi connectivity index (χ0v) is 8.22. The van der Waals surface area contributed by atoms with Gasteiger partial charge in [-0.2, -0.15) is 5.10 Å². The van der Waals surface area contributed by atoms with E-state index in [4.69, 9.17) is 0 Å². The first-order valence-corrected chi connectivity index (χ1v) is 4.93. The van der Waals surface area contributed by atoms with Crippen molar-refractivity contribution in [3.8, 4) is 0 Å². The summed E-state index contributed by atoms with van der Waals surface area (Å²) in [7, 11) is 0. The molecule has 3 nitrogen and oxygen atoms in total. The third-order valence-electron chi connectivity index (χ3n) is 2.33. The van der Waals surface area contributed by atoms with E-state index in [1.54, 1.807) is 10.9 Å². The van der Waals surface area contributed by atoms with Crippen molar-refractivity contribution in [2.75, 3.05) is 0 Å². The van der Waals surface area contributed by atoms with Gasteiger partial charge in [-0.25, -0.2) is 4.68 Å². The predicted molar refractivity (Wildman–Crippen MR) is 55.9 cm³/mol. The van der Waals surface area contributed by atoms with Crippen LogP contribution in [0.4, 0.5) is 0 Å². The third-order valence-corrected chi connectivity index (χ3v) is 2.33. The number of aromatic nitrogens is 2. The van der Waals surface area contributed by atoms with Gasteiger partial charge in [0.2, 0.25) is 0 Å². The van der Waals surface area contributed by atoms with Gasteiger partial charge in [0, 0.05) is 5.39 Å². The highest BCUT2D eigenvalue weighted by molar-refractivity contribution is 5.78. The molecule has 0 fully saturated rings. The van der Waals surface area contributed by atoms with Crippen LogP contribution in [-0.4, -0.2) is 14.9 Å². The molecule has 1 atom stereocenters. The number of benzene rings is 1. The van der Waals surface area contributed by atoms with Crippen molar-refractivity contribution in [3.05, 3.63) is 30.5 Å². The lowest BCUT2D eigenvalue weighted by molar-refractivity contribution is 0.0854. The lowest BCUT2D eigenvalue weighted by atomic mass is 10.2. The molecule has 0 amide bonds. The monoisotopic (exact) mass is 190 g/mol. The van der Waals surface area contributed by atoms with Crippen LogP contribution < -0.4 is 0 Å². The Morgan fingerprint density at radius 1 is 1.43 bits per heavy atom. The standard InChI is InChI=1S/C11H14N2O/c1-2-5-11(14)13-10-7-4-3-6-9(10)8-12-13/h3-4,6-8,11,14H,2,5H2,1H3. The van der Waals surface area contributed by atoms with Gasteiger partial charge in [-0.3, -0.25) is 0 Å². The van der Waals surface area contributed by atoms with Gasteiger partial charge in [-0.05, 0) is 12.5 Å². The SMILES string of the molecule is CCCC(O)n1ncc2ccccc21. The molecule has 0 aliphatic heterocycles. The molecule has 0 aliphatic rings. The van der Waals surface area contributed by atoms with Crippen molar-refractivity contribution in [1.82, 2.24) is 9.78 Å². The predicted octanol–water partition coefficient (Wildman–Crippen LogP) is 2.33. The van der Waals surface area contributed by atoms with E-state index in [0.29, 0.717) is 0 Å². The normalized spacial score (nSPS) is 13.3. The smallest absolute Gasteiger partial charge is 0.147 e. The van der Waals surface area contributed by atoms with Gasteiger partial charge in [0.1, 0.15) is 6.23 Å². The highest BCUT2D eigenvalue weighted by Crippen LogP contribution is 2.18. The number of rotatable bonds is 3. The second kappa shape index (κ2) is 3.80. The molecular formula is C11H14N2O. The molecule has 0 radical (unpaired) electrons. The lowest BCUT2D eigenvalue weighted by Gasteiger charge is -2.10. The van der Waals surface area contributed by atoms with Gasteiger partial charge in [0.25, 0.3) is 0 Å². The summed E-state index contributed by atoms with van der Waals surface area (Å²) in [6.07, 6.45) is 2.98. The van der Waals surface area contributed by atoms with E-state index in [0.717, 1.165) is 23.7 Å². The molecule has 1 heterocycles. The average Bonchev–Trinajstić information content (AvgIpc) is 2.61. The van der Waals surface area contributed by atoms with E-state index >= 15 is 0 Å². The Bertz CT molecular complexity index is 422. The minimum Gasteiger partial charge on any atom is -0.372 e. The Balaban J connectivity index is 2.42. The second-order valence-corrected chi connectivity index (χ2v) is 3.42. The Kier molecular flexibility index (Phi) is 2.50. The molecule has 2 rings (SSSR count). The molecule has 1 unspecified atom stereocenters. The molecule has 0 spiro atoms. The van der Waals surface area contributed by atoms with Crippen LogP contribution in [0.15, 0.2) is 30.5 Å². The average molecular weight is 190 g/mol. The minimum atomic E-state index is -0.500. The number of hydrogen-bond donors (Lipinski definition) is 1. The Morgan fingerprint density at radius 2 is 2.21 bits per heavy atom. The molecule has 0 aliphatic carbocycles. The number of nitrogens with zero attached hydrogens (tertiary/aromatic N) is 2. The molecule has 0 bridgehead atoms. The fraction of sp³-hybridized carbons (Fsp3) is 0.364. The number of aliphatic hydroxyl groups is 1. The summed E-state index contributed by atoms with van der Waals surface area (Å²) in [6, 6.07) is 7.90. The van der Waals surface area contributed by atoms with Crippen LogP contribution in [0.3, 0.4) is 0 Å². The summed E-state index contributed by atoms with van der Waals surface area (Å²) < 4.78 is 1.68. The molecule has 0 saturated carbocycles. The van der Waals surface area contributed by atoms with Crippen LogP contribution in [-0.2, 0) is 0 Å². The highest BCUT2D eigenvalue weighted by Gasteiger charge is 2.09. The largest absolute Gasteiger partial charge is 0.372 e. The Hall–Kier alpha value is -1.35. The van der Waals surface area contributed by atoms with Gasteiger partial charge in [-0.15, -0.1) is 0 Å². The van der Waals surface area contributed by atoms with E-state index in [1.165, 1.54) is 0 Å². The molecular weight excluding hydrogens is 176 g/mol. The minimum absolute atomic E-state index is 0.500. The first-order valence-electron chi connectivity index (χ1n) is 4.93. The third kappa shape index (κ3) is 1.51. The lowest BCUT2D eigenvalue weighted by Crippen LogP contribution is -2.08. The van der Waals surface area contributed by atoms with Gasteiger partial charge >= 0.3 is 0 Å². The maximum absolute atomic E-state index is 9.81. The van der Waals surface area contributed by atoms with E-state index in [9.17, 15) is 5.11 Å². The zero-order chi connectivity index (χ0) is 9.97. The molecule has 1 aromatic heterocycles. The first-order chi connectivity index (χ1) is 6.83. The summed E-state index contributed by atoms with van der Waals surface area (Å²) in [5, 5.41) is 15.1. The summed E-state index contributed by atoms with van der Waals surface area (Å²) >= 11 is 0. The van der Waals surface area contributed by atoms with Crippen LogP contribution in [0, 0.1) is 0 Å². The van der Waals surface area contributed by atoms with E-state index in [-0.39, 0.29) is 0 Å². The van der Waals surface area contributed by atoms with Crippen LogP contribution in [0.1, 0.15) is 26.0 Å². The maximum Gasteiger partial charge on any atom is 0.147 e. The second-order valence-electron chi connectivity index (χ2n) is 3.42. The fourth-order valence-corrected chi connectivity index (χ4v) is 1.61. The van der Waals surface area contributed by atoms with Crippen molar-refractivity contribution in [1.29, 1.82) is 0 Å². The first kappa shape index (κ1) is 9.21. The summed E-state index contributed by atoms with van der Waals surface area (Å²) in [5.74, 6) is 0. The van der Waals surface area contributed by atoms with E-state index < -0.39 is 6.23 Å². The van der Waals surface area contributed by atoms with E-state index in [1.807, 2.05) is 24.3 Å². The van der Waals surface area contributed by atoms with E-state index in [2.05, 4.69) is 12.0 Å². The van der Waals surface area contributed by atoms with Crippen LogP contribution in [0.5, 0.6) is 0 Å². The van der Waals surface area contributed by atoms with Crippen LogP contribution >= 0.6 is 0 Å². The molecule has 0 saturated heterocycles. The molecule has 1 N–H and O–H groups in total. The molecule has 14 heavy (non-hydrogen) atoms. The van der Waals surface area contributed by atoms with Crippen LogP contribution in [0.2, 0.25) is 0 Å². The number of fused-ring (bicyclic) bond motifs is 1. The summed E-state index contributed by atoms with van der Waals surface area (Å²) in [5.41, 5.74) is 0.994. The molecule has 1 aromatic carbocycles. The number of para-hydroxylation sites is 1. The van der Waals surface area contributed by atoms with Crippen molar-refractivity contribution in [3.63, 3.8) is 0 Å². The number of aliphatic hydroxyl groups excluding tert-OH is 1. The quantitative estimate of drug-likeness (QED) is 0.806. The van der Waals surface area contributed by atoms with Crippen molar-refractivity contribution in [2.24, 2.45) is 0 Å². The molecule has 74 valence electrons. The summed E-state index contributed by atoms with van der Waals surface area (Å²) in [6.45, 7) is 2.05. The number of hydrogen-bond acceptors (Lipinski definition) is 2.